The minimum atomic E-state index is -0.715. The van der Waals surface area contributed by atoms with Crippen LogP contribution in [0.3, 0.4) is 0 Å². The van der Waals surface area contributed by atoms with Crippen molar-refractivity contribution < 1.29 is 32.9 Å². The van der Waals surface area contributed by atoms with Crippen LogP contribution in [0.5, 0.6) is 23.0 Å². The largest absolute Gasteiger partial charge is 0.493 e. The molecule has 11 heteroatoms. The molecule has 0 saturated carbocycles. The van der Waals surface area contributed by atoms with Gasteiger partial charge >= 0.3 is 6.03 Å². The first-order valence-corrected chi connectivity index (χ1v) is 15.0. The van der Waals surface area contributed by atoms with E-state index in [1.807, 2.05) is 30.3 Å². The van der Waals surface area contributed by atoms with Crippen LogP contribution in [-0.4, -0.2) is 86.4 Å². The maximum absolute atomic E-state index is 15.4. The zero-order chi connectivity index (χ0) is 31.2. The number of imide groups is 1. The predicted octanol–water partition coefficient (Wildman–Crippen LogP) is 5.29. The number of methoxy groups -OCH3 is 1. The average molecular weight is 615 g/mol. The number of urea groups is 1. The standard InChI is InChI=1S/C34H35FN4O6/c1-42-31-21-26-28(22-32(31)44-17-5-13-37-15-18-43-19-16-37)36-12-10-29(26)45-30-9-8-25(20-27(30)35)39-33(40)23-38(34(39)41)14-11-24-6-3-2-4-7-24/h2-4,6-10,12,20-22H,5,11,13-19,23H2,1H3. The van der Waals surface area contributed by atoms with Gasteiger partial charge < -0.3 is 23.8 Å². The topological polar surface area (TPSA) is 93.7 Å². The van der Waals surface area contributed by atoms with Crippen LogP contribution in [0, 0.1) is 5.82 Å². The highest BCUT2D eigenvalue weighted by molar-refractivity contribution is 6.19. The van der Waals surface area contributed by atoms with E-state index in [-0.39, 0.29) is 18.0 Å². The van der Waals surface area contributed by atoms with Gasteiger partial charge in [0.15, 0.2) is 23.1 Å². The Hall–Kier alpha value is -4.74. The molecule has 0 N–H and O–H groups in total. The van der Waals surface area contributed by atoms with Crippen molar-refractivity contribution >= 4 is 28.5 Å². The number of pyridine rings is 1. The van der Waals surface area contributed by atoms with Crippen LogP contribution in [0.25, 0.3) is 10.9 Å². The summed E-state index contributed by atoms with van der Waals surface area (Å²) in [7, 11) is 1.56. The number of hydrogen-bond donors (Lipinski definition) is 0. The van der Waals surface area contributed by atoms with Gasteiger partial charge in [0.2, 0.25) is 0 Å². The number of halogens is 1. The van der Waals surface area contributed by atoms with Gasteiger partial charge in [-0.1, -0.05) is 30.3 Å². The van der Waals surface area contributed by atoms with Crippen molar-refractivity contribution in [3.63, 3.8) is 0 Å². The van der Waals surface area contributed by atoms with E-state index in [1.165, 1.54) is 17.0 Å². The molecule has 0 unspecified atom stereocenters. The fourth-order valence-electron chi connectivity index (χ4n) is 5.50. The summed E-state index contributed by atoms with van der Waals surface area (Å²) in [6, 6.07) is 18.5. The fourth-order valence-corrected chi connectivity index (χ4v) is 5.50. The van der Waals surface area contributed by atoms with Crippen LogP contribution in [-0.2, 0) is 16.0 Å². The van der Waals surface area contributed by atoms with Crippen molar-refractivity contribution in [1.29, 1.82) is 0 Å². The van der Waals surface area contributed by atoms with Gasteiger partial charge in [-0.15, -0.1) is 0 Å². The molecule has 6 rings (SSSR count). The molecule has 2 aliphatic rings. The summed E-state index contributed by atoms with van der Waals surface area (Å²) in [4.78, 5) is 35.1. The number of aromatic nitrogens is 1. The van der Waals surface area contributed by atoms with Gasteiger partial charge in [0.05, 0.1) is 38.1 Å². The summed E-state index contributed by atoms with van der Waals surface area (Å²) in [5.74, 6) is 0.244. The predicted molar refractivity (Wildman–Crippen MR) is 167 cm³/mol. The van der Waals surface area contributed by atoms with E-state index in [0.29, 0.717) is 47.7 Å². The Balaban J connectivity index is 1.13. The maximum atomic E-state index is 15.4. The number of ether oxygens (including phenoxy) is 4. The molecule has 0 bridgehead atoms. The quantitative estimate of drug-likeness (QED) is 0.157. The monoisotopic (exact) mass is 614 g/mol. The van der Waals surface area contributed by atoms with E-state index >= 15 is 4.39 Å². The summed E-state index contributed by atoms with van der Waals surface area (Å²) in [5.41, 5.74) is 1.80. The van der Waals surface area contributed by atoms with E-state index in [0.717, 1.165) is 55.8 Å². The Labute approximate surface area is 260 Å². The van der Waals surface area contributed by atoms with Crippen LogP contribution < -0.4 is 19.1 Å². The number of morpholine rings is 1. The Bertz CT molecular complexity index is 1660. The number of rotatable bonds is 12. The molecule has 3 heterocycles. The second kappa shape index (κ2) is 13.9. The Kier molecular flexibility index (Phi) is 9.37. The molecule has 10 nitrogen and oxygen atoms in total. The third kappa shape index (κ3) is 7.00. The molecule has 2 saturated heterocycles. The molecule has 0 atom stereocenters. The lowest BCUT2D eigenvalue weighted by Crippen LogP contribution is -2.37. The number of carbonyl (C=O) groups is 2. The number of benzene rings is 3. The number of carbonyl (C=O) groups excluding carboxylic acids is 2. The van der Waals surface area contributed by atoms with Gasteiger partial charge in [0, 0.05) is 49.9 Å². The molecule has 234 valence electrons. The molecule has 2 aliphatic heterocycles. The first kappa shape index (κ1) is 30.3. The minimum absolute atomic E-state index is 0.0596. The highest BCUT2D eigenvalue weighted by Crippen LogP contribution is 2.38. The Morgan fingerprint density at radius 3 is 2.51 bits per heavy atom. The van der Waals surface area contributed by atoms with Crippen LogP contribution in [0.2, 0.25) is 0 Å². The van der Waals surface area contributed by atoms with E-state index < -0.39 is 17.8 Å². The van der Waals surface area contributed by atoms with E-state index in [4.69, 9.17) is 18.9 Å². The molecule has 1 aromatic heterocycles. The van der Waals surface area contributed by atoms with Crippen molar-refractivity contribution in [2.45, 2.75) is 12.8 Å². The van der Waals surface area contributed by atoms with E-state index in [2.05, 4.69) is 9.88 Å². The van der Waals surface area contributed by atoms with Crippen molar-refractivity contribution in [2.75, 3.05) is 64.6 Å². The summed E-state index contributed by atoms with van der Waals surface area (Å²) >= 11 is 0. The third-order valence-electron chi connectivity index (χ3n) is 7.91. The van der Waals surface area contributed by atoms with Crippen molar-refractivity contribution in [2.24, 2.45) is 0 Å². The first-order valence-electron chi connectivity index (χ1n) is 15.0. The van der Waals surface area contributed by atoms with Gasteiger partial charge in [0.1, 0.15) is 12.3 Å². The summed E-state index contributed by atoms with van der Waals surface area (Å²) in [5, 5.41) is 0.609. The highest BCUT2D eigenvalue weighted by Gasteiger charge is 2.37. The Morgan fingerprint density at radius 2 is 1.73 bits per heavy atom. The van der Waals surface area contributed by atoms with Crippen molar-refractivity contribution in [3.8, 4) is 23.0 Å². The van der Waals surface area contributed by atoms with Crippen LogP contribution >= 0.6 is 0 Å². The van der Waals surface area contributed by atoms with Gasteiger partial charge in [-0.2, -0.15) is 0 Å². The minimum Gasteiger partial charge on any atom is -0.493 e. The first-order chi connectivity index (χ1) is 22.0. The molecule has 45 heavy (non-hydrogen) atoms. The summed E-state index contributed by atoms with van der Waals surface area (Å²) < 4.78 is 38.4. The molecule has 4 aromatic rings. The fraction of sp³-hybridized carbons (Fsp3) is 0.324. The normalized spacial score (nSPS) is 15.6. The maximum Gasteiger partial charge on any atom is 0.331 e. The lowest BCUT2D eigenvalue weighted by molar-refractivity contribution is -0.116. The second-order valence-electron chi connectivity index (χ2n) is 10.9. The number of anilines is 1. The van der Waals surface area contributed by atoms with Crippen molar-refractivity contribution in [3.05, 3.63) is 84.3 Å². The van der Waals surface area contributed by atoms with E-state index in [9.17, 15) is 9.59 Å². The number of hydrogen-bond acceptors (Lipinski definition) is 8. The Morgan fingerprint density at radius 1 is 0.911 bits per heavy atom. The van der Waals surface area contributed by atoms with Crippen LogP contribution in [0.1, 0.15) is 12.0 Å². The molecular weight excluding hydrogens is 579 g/mol. The second-order valence-corrected chi connectivity index (χ2v) is 10.9. The van der Waals surface area contributed by atoms with Gasteiger partial charge in [0.25, 0.3) is 5.91 Å². The summed E-state index contributed by atoms with van der Waals surface area (Å²) in [6.07, 6.45) is 3.04. The summed E-state index contributed by atoms with van der Waals surface area (Å²) in [6.45, 7) is 5.14. The van der Waals surface area contributed by atoms with Crippen molar-refractivity contribution in [1.82, 2.24) is 14.8 Å². The number of amides is 3. The van der Waals surface area contributed by atoms with E-state index in [1.54, 1.807) is 31.5 Å². The van der Waals surface area contributed by atoms with Gasteiger partial charge in [-0.3, -0.25) is 14.7 Å². The molecule has 0 aliphatic carbocycles. The average Bonchev–Trinajstić information content (AvgIpc) is 3.35. The zero-order valence-corrected chi connectivity index (χ0v) is 25.1. The molecule has 2 fully saturated rings. The van der Waals surface area contributed by atoms with Crippen LogP contribution in [0.4, 0.5) is 14.9 Å². The molecule has 0 spiro atoms. The van der Waals surface area contributed by atoms with Gasteiger partial charge in [-0.05, 0) is 42.7 Å². The zero-order valence-electron chi connectivity index (χ0n) is 25.1. The third-order valence-corrected chi connectivity index (χ3v) is 7.91. The van der Waals surface area contributed by atoms with Gasteiger partial charge in [-0.25, -0.2) is 14.1 Å². The molecule has 3 aromatic carbocycles. The molecule has 3 amide bonds. The lowest BCUT2D eigenvalue weighted by Gasteiger charge is -2.26. The van der Waals surface area contributed by atoms with Crippen LogP contribution in [0.15, 0.2) is 72.9 Å². The smallest absolute Gasteiger partial charge is 0.331 e. The number of fused-ring (bicyclic) bond motifs is 1. The molecule has 0 radical (unpaired) electrons. The SMILES string of the molecule is COc1cc2c(Oc3ccc(N4C(=O)CN(CCc5ccccc5)C4=O)cc3F)ccnc2cc1OCCCN1CCOCC1. The molecular formula is C34H35FN4O6. The highest BCUT2D eigenvalue weighted by atomic mass is 19.1. The lowest BCUT2D eigenvalue weighted by atomic mass is 10.1. The number of nitrogens with zero attached hydrogens (tertiary/aromatic N) is 4.